The number of rotatable bonds is 6. The highest BCUT2D eigenvalue weighted by Gasteiger charge is 2.57. The molecule has 0 unspecified atom stereocenters. The first kappa shape index (κ1) is 22.4. The quantitative estimate of drug-likeness (QED) is 0.527. The lowest BCUT2D eigenvalue weighted by Gasteiger charge is -2.45. The Balaban J connectivity index is 1.70. The average molecular weight is 449 g/mol. The van der Waals surface area contributed by atoms with E-state index >= 15 is 0 Å². The minimum atomic E-state index is -1.43. The van der Waals surface area contributed by atoms with Gasteiger partial charge in [0.1, 0.15) is 23.7 Å². The summed E-state index contributed by atoms with van der Waals surface area (Å²) in [5.74, 6) is 1.52. The summed E-state index contributed by atoms with van der Waals surface area (Å²) in [6.45, 7) is 2.44. The van der Waals surface area contributed by atoms with E-state index in [1.165, 1.54) is 0 Å². The molecule has 0 aliphatic carbocycles. The minimum absolute atomic E-state index is 0.236. The molecule has 2 aromatic carbocycles. The number of aliphatic hydroxyl groups excluding tert-OH is 4. The number of benzene rings is 2. The Kier molecular flexibility index (Phi) is 6.48. The van der Waals surface area contributed by atoms with Crippen molar-refractivity contribution in [2.75, 3.05) is 20.3 Å². The van der Waals surface area contributed by atoms with Gasteiger partial charge in [-0.3, -0.25) is 0 Å². The maximum Gasteiger partial charge on any atom is 0.168 e. The third-order valence-electron chi connectivity index (χ3n) is 5.90. The van der Waals surface area contributed by atoms with Crippen LogP contribution >= 0.6 is 11.8 Å². The molecule has 0 radical (unpaired) electrons. The second kappa shape index (κ2) is 8.97. The van der Waals surface area contributed by atoms with Crippen molar-refractivity contribution in [2.24, 2.45) is 0 Å². The normalized spacial score (nSPS) is 29.7. The molecule has 0 saturated carbocycles. The molecule has 1 fully saturated rings. The molecule has 7 nitrogen and oxygen atoms in total. The van der Waals surface area contributed by atoms with Gasteiger partial charge in [0.2, 0.25) is 0 Å². The summed E-state index contributed by atoms with van der Waals surface area (Å²) in [6.07, 6.45) is -3.43. The lowest BCUT2D eigenvalue weighted by Crippen LogP contribution is -2.58. The smallest absolute Gasteiger partial charge is 0.168 e. The zero-order chi connectivity index (χ0) is 22.2. The molecular weight excluding hydrogens is 420 g/mol. The number of aliphatic hydroxyl groups is 4. The van der Waals surface area contributed by atoms with Gasteiger partial charge in [-0.1, -0.05) is 12.1 Å². The Bertz CT molecular complexity index is 917. The number of methoxy groups -OCH3 is 1. The molecule has 0 aromatic heterocycles. The Morgan fingerprint density at radius 1 is 1.13 bits per heavy atom. The standard InChI is InChI=1S/C23H28O7S/c1-3-29-16-6-4-13(5-7-16)8-14-9-17-15(10-18(14)28-2)12-30-23(17)22(27)21(26)20(25)19(11-24)31-23/h4-7,9-10,19-22,24-27H,3,8,11-12H2,1-2H3/t19-,20-,21+,22-,23+/m1/s1. The van der Waals surface area contributed by atoms with Gasteiger partial charge in [0.15, 0.2) is 4.93 Å². The van der Waals surface area contributed by atoms with Crippen molar-refractivity contribution in [1.29, 1.82) is 0 Å². The van der Waals surface area contributed by atoms with Crippen LogP contribution in [0.2, 0.25) is 0 Å². The van der Waals surface area contributed by atoms with Crippen LogP contribution in [0, 0.1) is 0 Å². The van der Waals surface area contributed by atoms with Gasteiger partial charge in [-0.15, -0.1) is 11.8 Å². The highest BCUT2D eigenvalue weighted by atomic mass is 32.2. The molecule has 5 atom stereocenters. The number of hydrogen-bond donors (Lipinski definition) is 4. The highest BCUT2D eigenvalue weighted by Crippen LogP contribution is 2.55. The van der Waals surface area contributed by atoms with E-state index in [-0.39, 0.29) is 13.2 Å². The molecule has 2 aliphatic rings. The summed E-state index contributed by atoms with van der Waals surface area (Å²) < 4.78 is 17.1. The van der Waals surface area contributed by atoms with Crippen molar-refractivity contribution < 1.29 is 34.6 Å². The predicted octanol–water partition coefficient (Wildman–Crippen LogP) is 1.56. The van der Waals surface area contributed by atoms with Crippen LogP contribution in [0.4, 0.5) is 0 Å². The van der Waals surface area contributed by atoms with E-state index in [1.54, 1.807) is 7.11 Å². The SMILES string of the molecule is CCOc1ccc(Cc2cc3c(cc2OC)CO[C@]32S[C@H](CO)[C@@H](O)[C@H](O)[C@H]2O)cc1. The van der Waals surface area contributed by atoms with Gasteiger partial charge in [0.05, 0.1) is 38.3 Å². The van der Waals surface area contributed by atoms with Crippen LogP contribution in [0.3, 0.4) is 0 Å². The summed E-state index contributed by atoms with van der Waals surface area (Å²) in [7, 11) is 1.61. The summed E-state index contributed by atoms with van der Waals surface area (Å²) >= 11 is 1.15. The maximum atomic E-state index is 10.9. The highest BCUT2D eigenvalue weighted by molar-refractivity contribution is 8.00. The van der Waals surface area contributed by atoms with Crippen LogP contribution in [0.1, 0.15) is 29.2 Å². The number of fused-ring (bicyclic) bond motifs is 2. The fraction of sp³-hybridized carbons (Fsp3) is 0.478. The summed E-state index contributed by atoms with van der Waals surface area (Å²) in [5, 5.41) is 40.5. The van der Waals surface area contributed by atoms with Crippen molar-refractivity contribution in [1.82, 2.24) is 0 Å². The Morgan fingerprint density at radius 3 is 2.52 bits per heavy atom. The Hall–Kier alpha value is -1.81. The fourth-order valence-corrected chi connectivity index (χ4v) is 5.82. The minimum Gasteiger partial charge on any atom is -0.496 e. The lowest BCUT2D eigenvalue weighted by atomic mass is 9.90. The van der Waals surface area contributed by atoms with Gasteiger partial charge in [-0.25, -0.2) is 0 Å². The molecule has 0 amide bonds. The number of thioether (sulfide) groups is 1. The third kappa shape index (κ3) is 3.92. The van der Waals surface area contributed by atoms with Crippen molar-refractivity contribution in [3.8, 4) is 11.5 Å². The Morgan fingerprint density at radius 2 is 1.87 bits per heavy atom. The van der Waals surface area contributed by atoms with Crippen LogP contribution in [0.15, 0.2) is 36.4 Å². The zero-order valence-electron chi connectivity index (χ0n) is 17.5. The van der Waals surface area contributed by atoms with Crippen LogP contribution in [0.25, 0.3) is 0 Å². The molecule has 168 valence electrons. The molecule has 1 spiro atoms. The second-order valence-electron chi connectivity index (χ2n) is 7.80. The van der Waals surface area contributed by atoms with Gasteiger partial charge >= 0.3 is 0 Å². The summed E-state index contributed by atoms with van der Waals surface area (Å²) in [4.78, 5) is -1.26. The van der Waals surface area contributed by atoms with Gasteiger partial charge in [0.25, 0.3) is 0 Å². The van der Waals surface area contributed by atoms with Crippen molar-refractivity contribution in [2.45, 2.75) is 48.4 Å². The second-order valence-corrected chi connectivity index (χ2v) is 9.24. The van der Waals surface area contributed by atoms with E-state index in [1.807, 2.05) is 43.3 Å². The lowest BCUT2D eigenvalue weighted by molar-refractivity contribution is -0.147. The van der Waals surface area contributed by atoms with Crippen LogP contribution < -0.4 is 9.47 Å². The van der Waals surface area contributed by atoms with Crippen LogP contribution in [-0.4, -0.2) is 64.3 Å². The molecule has 8 heteroatoms. The zero-order valence-corrected chi connectivity index (χ0v) is 18.3. The molecule has 1 saturated heterocycles. The van der Waals surface area contributed by atoms with Crippen LogP contribution in [0.5, 0.6) is 11.5 Å². The van der Waals surface area contributed by atoms with Gasteiger partial charge in [-0.2, -0.15) is 0 Å². The van der Waals surface area contributed by atoms with E-state index < -0.39 is 28.5 Å². The van der Waals surface area contributed by atoms with Crippen LogP contribution in [-0.2, 0) is 22.7 Å². The molecule has 4 N–H and O–H groups in total. The maximum absolute atomic E-state index is 10.9. The van der Waals surface area contributed by atoms with E-state index in [4.69, 9.17) is 14.2 Å². The van der Waals surface area contributed by atoms with E-state index in [2.05, 4.69) is 0 Å². The van der Waals surface area contributed by atoms with Crippen molar-refractivity contribution in [3.63, 3.8) is 0 Å². The first-order chi connectivity index (χ1) is 14.9. The van der Waals surface area contributed by atoms with E-state index in [0.717, 1.165) is 39.8 Å². The molecule has 0 bridgehead atoms. The Labute approximate surface area is 185 Å². The van der Waals surface area contributed by atoms with Gasteiger partial charge in [0, 0.05) is 12.0 Å². The largest absolute Gasteiger partial charge is 0.496 e. The number of ether oxygens (including phenoxy) is 3. The molecule has 2 aliphatic heterocycles. The predicted molar refractivity (Wildman–Crippen MR) is 116 cm³/mol. The summed E-state index contributed by atoms with van der Waals surface area (Å²) in [5.41, 5.74) is 3.55. The summed E-state index contributed by atoms with van der Waals surface area (Å²) in [6, 6.07) is 11.7. The van der Waals surface area contributed by atoms with Crippen molar-refractivity contribution in [3.05, 3.63) is 58.7 Å². The number of hydrogen-bond acceptors (Lipinski definition) is 8. The van der Waals surface area contributed by atoms with E-state index in [9.17, 15) is 20.4 Å². The van der Waals surface area contributed by atoms with E-state index in [0.29, 0.717) is 18.8 Å². The first-order valence-corrected chi connectivity index (χ1v) is 11.2. The van der Waals surface area contributed by atoms with Crippen molar-refractivity contribution >= 4 is 11.8 Å². The molecule has 31 heavy (non-hydrogen) atoms. The monoisotopic (exact) mass is 448 g/mol. The fourth-order valence-electron chi connectivity index (χ4n) is 4.27. The molecule has 2 heterocycles. The molecule has 2 aromatic rings. The van der Waals surface area contributed by atoms with Gasteiger partial charge < -0.3 is 34.6 Å². The molecule has 4 rings (SSSR count). The topological polar surface area (TPSA) is 109 Å². The van der Waals surface area contributed by atoms with Gasteiger partial charge in [-0.05, 0) is 47.9 Å². The third-order valence-corrected chi connectivity index (χ3v) is 7.56. The molecular formula is C23H28O7S. The average Bonchev–Trinajstić information content (AvgIpc) is 3.14. The first-order valence-electron chi connectivity index (χ1n) is 10.3.